The van der Waals surface area contributed by atoms with Crippen molar-refractivity contribution in [3.8, 4) is 0 Å². The van der Waals surface area contributed by atoms with E-state index in [-0.39, 0.29) is 0 Å². The maximum atomic E-state index is 5.97. The van der Waals surface area contributed by atoms with Crippen LogP contribution in [0.25, 0.3) is 0 Å². The molecule has 0 unspecified atom stereocenters. The summed E-state index contributed by atoms with van der Waals surface area (Å²) in [6, 6.07) is 3.93. The maximum absolute atomic E-state index is 5.97. The van der Waals surface area contributed by atoms with Gasteiger partial charge in [0.2, 0.25) is 0 Å². The normalized spacial score (nSPS) is 14.6. The van der Waals surface area contributed by atoms with Gasteiger partial charge in [-0.1, -0.05) is 0 Å². The highest BCUT2D eigenvalue weighted by atomic mass is 79.9. The van der Waals surface area contributed by atoms with Gasteiger partial charge in [0, 0.05) is 22.2 Å². The Hall–Kier alpha value is -1.14. The summed E-state index contributed by atoms with van der Waals surface area (Å²) in [5.74, 6) is 1.96. The van der Waals surface area contributed by atoms with Gasteiger partial charge in [-0.15, -0.1) is 0 Å². The predicted octanol–water partition coefficient (Wildman–Crippen LogP) is 3.55. The second-order valence-electron chi connectivity index (χ2n) is 4.59. The van der Waals surface area contributed by atoms with Crippen LogP contribution in [0.4, 0.5) is 5.82 Å². The third kappa shape index (κ3) is 2.90. The van der Waals surface area contributed by atoms with Gasteiger partial charge in [-0.05, 0) is 59.6 Å². The summed E-state index contributed by atoms with van der Waals surface area (Å²) in [7, 11) is 0. The van der Waals surface area contributed by atoms with Crippen molar-refractivity contribution in [1.82, 2.24) is 15.0 Å². The Kier molecular flexibility index (Phi) is 3.45. The molecular weight excluding hydrogens is 324 g/mol. The van der Waals surface area contributed by atoms with E-state index in [9.17, 15) is 0 Å². The molecule has 1 fully saturated rings. The van der Waals surface area contributed by atoms with Crippen LogP contribution in [0.2, 0.25) is 0 Å². The minimum atomic E-state index is 0.500. The van der Waals surface area contributed by atoms with Crippen molar-refractivity contribution in [3.63, 3.8) is 0 Å². The topological polar surface area (TPSA) is 64.7 Å². The van der Waals surface area contributed by atoms with Crippen LogP contribution in [0.5, 0.6) is 0 Å². The zero-order chi connectivity index (χ0) is 13.4. The fourth-order valence-corrected chi connectivity index (χ4v) is 2.75. The van der Waals surface area contributed by atoms with Crippen molar-refractivity contribution in [2.45, 2.75) is 35.7 Å². The molecular formula is C13H13BrN4S. The Morgan fingerprint density at radius 2 is 2.11 bits per heavy atom. The van der Waals surface area contributed by atoms with E-state index in [4.69, 9.17) is 5.73 Å². The predicted molar refractivity (Wildman–Crippen MR) is 79.2 cm³/mol. The van der Waals surface area contributed by atoms with Gasteiger partial charge in [-0.3, -0.25) is 0 Å². The number of nitrogen functional groups attached to an aromatic ring is 1. The summed E-state index contributed by atoms with van der Waals surface area (Å²) >= 11 is 4.91. The number of nitrogens with two attached hydrogens (primary N) is 1. The number of aromatic nitrogens is 3. The number of pyridine rings is 1. The molecule has 2 N–H and O–H groups in total. The van der Waals surface area contributed by atoms with Crippen LogP contribution in [-0.4, -0.2) is 15.0 Å². The van der Waals surface area contributed by atoms with Gasteiger partial charge in [0.05, 0.1) is 0 Å². The molecule has 98 valence electrons. The summed E-state index contributed by atoms with van der Waals surface area (Å²) in [5.41, 5.74) is 6.90. The molecule has 19 heavy (non-hydrogen) atoms. The van der Waals surface area contributed by atoms with Gasteiger partial charge < -0.3 is 5.73 Å². The van der Waals surface area contributed by atoms with Crippen LogP contribution in [-0.2, 0) is 0 Å². The minimum absolute atomic E-state index is 0.500. The van der Waals surface area contributed by atoms with E-state index in [1.54, 1.807) is 6.20 Å². The highest BCUT2D eigenvalue weighted by Gasteiger charge is 2.28. The average molecular weight is 337 g/mol. The lowest BCUT2D eigenvalue weighted by atomic mass is 10.3. The fraction of sp³-hybridized carbons (Fsp3) is 0.308. The van der Waals surface area contributed by atoms with Crippen molar-refractivity contribution >= 4 is 33.5 Å². The number of halogens is 1. The van der Waals surface area contributed by atoms with E-state index in [0.717, 1.165) is 25.9 Å². The monoisotopic (exact) mass is 336 g/mol. The van der Waals surface area contributed by atoms with E-state index < -0.39 is 0 Å². The van der Waals surface area contributed by atoms with Crippen LogP contribution in [0, 0.1) is 6.92 Å². The molecule has 0 bridgehead atoms. The van der Waals surface area contributed by atoms with Gasteiger partial charge in [0.15, 0.2) is 0 Å². The van der Waals surface area contributed by atoms with E-state index in [1.807, 2.05) is 19.1 Å². The highest BCUT2D eigenvalue weighted by molar-refractivity contribution is 9.10. The summed E-state index contributed by atoms with van der Waals surface area (Å²) in [6.07, 6.45) is 4.12. The van der Waals surface area contributed by atoms with Crippen molar-refractivity contribution in [1.29, 1.82) is 0 Å². The lowest BCUT2D eigenvalue weighted by molar-refractivity contribution is 0.867. The fourth-order valence-electron chi connectivity index (χ4n) is 1.67. The SMILES string of the molecule is Cc1c(N)nc(C2CC2)nc1Sc1ccc(Br)cn1. The average Bonchev–Trinajstić information content (AvgIpc) is 3.21. The third-order valence-corrected chi connectivity index (χ3v) is 4.51. The Morgan fingerprint density at radius 1 is 1.32 bits per heavy atom. The van der Waals surface area contributed by atoms with Crippen molar-refractivity contribution in [3.05, 3.63) is 34.2 Å². The molecule has 0 atom stereocenters. The molecule has 0 aromatic carbocycles. The maximum Gasteiger partial charge on any atom is 0.135 e. The zero-order valence-electron chi connectivity index (χ0n) is 10.4. The molecule has 0 saturated heterocycles. The first-order chi connectivity index (χ1) is 9.13. The Balaban J connectivity index is 1.92. The number of nitrogens with zero attached hydrogens (tertiary/aromatic N) is 3. The van der Waals surface area contributed by atoms with Crippen LogP contribution >= 0.6 is 27.7 Å². The van der Waals surface area contributed by atoms with Crippen LogP contribution < -0.4 is 5.73 Å². The molecule has 2 aromatic rings. The number of anilines is 1. The molecule has 1 saturated carbocycles. The lowest BCUT2D eigenvalue weighted by Gasteiger charge is -2.08. The molecule has 0 radical (unpaired) electrons. The van der Waals surface area contributed by atoms with Gasteiger partial charge in [-0.2, -0.15) is 0 Å². The Labute approximate surface area is 124 Å². The molecule has 2 heterocycles. The summed E-state index contributed by atoms with van der Waals surface area (Å²) in [6.45, 7) is 1.95. The molecule has 4 nitrogen and oxygen atoms in total. The van der Waals surface area contributed by atoms with Crippen molar-refractivity contribution in [2.24, 2.45) is 0 Å². The molecule has 0 spiro atoms. The molecule has 0 amide bonds. The van der Waals surface area contributed by atoms with E-state index in [1.165, 1.54) is 24.6 Å². The molecule has 2 aromatic heterocycles. The zero-order valence-corrected chi connectivity index (χ0v) is 12.8. The van der Waals surface area contributed by atoms with E-state index >= 15 is 0 Å². The van der Waals surface area contributed by atoms with Crippen LogP contribution in [0.1, 0.15) is 30.1 Å². The number of rotatable bonds is 3. The lowest BCUT2D eigenvalue weighted by Crippen LogP contribution is -2.03. The third-order valence-electron chi connectivity index (χ3n) is 3.00. The van der Waals surface area contributed by atoms with Gasteiger partial charge >= 0.3 is 0 Å². The number of hydrogen-bond donors (Lipinski definition) is 1. The number of hydrogen-bond acceptors (Lipinski definition) is 5. The Bertz CT molecular complexity index is 611. The molecule has 3 rings (SSSR count). The van der Waals surface area contributed by atoms with Gasteiger partial charge in [-0.25, -0.2) is 15.0 Å². The van der Waals surface area contributed by atoms with Gasteiger partial charge in [0.25, 0.3) is 0 Å². The second-order valence-corrected chi connectivity index (χ2v) is 6.51. The van der Waals surface area contributed by atoms with Crippen molar-refractivity contribution in [2.75, 3.05) is 5.73 Å². The van der Waals surface area contributed by atoms with Crippen LogP contribution in [0.3, 0.4) is 0 Å². The van der Waals surface area contributed by atoms with E-state index in [0.29, 0.717) is 11.7 Å². The smallest absolute Gasteiger partial charge is 0.135 e. The first-order valence-corrected chi connectivity index (χ1v) is 7.68. The summed E-state index contributed by atoms with van der Waals surface area (Å²) in [4.78, 5) is 13.4. The largest absolute Gasteiger partial charge is 0.383 e. The Morgan fingerprint density at radius 3 is 2.74 bits per heavy atom. The van der Waals surface area contributed by atoms with Gasteiger partial charge in [0.1, 0.15) is 21.7 Å². The highest BCUT2D eigenvalue weighted by Crippen LogP contribution is 2.40. The summed E-state index contributed by atoms with van der Waals surface area (Å²) in [5, 5.41) is 1.82. The second kappa shape index (κ2) is 5.09. The summed E-state index contributed by atoms with van der Waals surface area (Å²) < 4.78 is 0.967. The quantitative estimate of drug-likeness (QED) is 0.868. The van der Waals surface area contributed by atoms with Crippen LogP contribution in [0.15, 0.2) is 32.9 Å². The standard InChI is InChI=1S/C13H13BrN4S/c1-7-11(15)17-12(8-2-3-8)18-13(7)19-10-5-4-9(14)6-16-10/h4-6,8H,2-3H2,1H3,(H2,15,17,18). The van der Waals surface area contributed by atoms with Crippen molar-refractivity contribution < 1.29 is 0 Å². The molecule has 1 aliphatic rings. The first-order valence-electron chi connectivity index (χ1n) is 6.07. The first kappa shape index (κ1) is 12.9. The molecule has 6 heteroatoms. The minimum Gasteiger partial charge on any atom is -0.383 e. The molecule has 0 aliphatic heterocycles. The van der Waals surface area contributed by atoms with E-state index in [2.05, 4.69) is 30.9 Å². The molecule has 1 aliphatic carbocycles.